The summed E-state index contributed by atoms with van der Waals surface area (Å²) in [6, 6.07) is 5.89. The lowest BCUT2D eigenvalue weighted by atomic mass is 10.2. The number of imide groups is 1. The zero-order chi connectivity index (χ0) is 12.8. The lowest BCUT2D eigenvalue weighted by Gasteiger charge is -2.18. The molecular weight excluding hydrogens is 226 g/mol. The zero-order valence-electron chi connectivity index (χ0n) is 8.71. The van der Waals surface area contributed by atoms with Crippen molar-refractivity contribution < 1.29 is 14.4 Å². The van der Waals surface area contributed by atoms with Gasteiger partial charge in [0, 0.05) is 5.56 Å². The van der Waals surface area contributed by atoms with Crippen LogP contribution < -0.4 is 22.4 Å². The summed E-state index contributed by atoms with van der Waals surface area (Å²) in [5, 5.41) is 0.431. The summed E-state index contributed by atoms with van der Waals surface area (Å²) in [7, 11) is 0. The molecule has 0 radical (unpaired) electrons. The van der Waals surface area contributed by atoms with E-state index in [2.05, 4.69) is 0 Å². The van der Waals surface area contributed by atoms with Gasteiger partial charge in [-0.05, 0) is 12.1 Å². The van der Waals surface area contributed by atoms with E-state index in [0.29, 0.717) is 5.01 Å². The Labute approximate surface area is 96.5 Å². The van der Waals surface area contributed by atoms with E-state index in [1.54, 1.807) is 18.2 Å². The zero-order valence-corrected chi connectivity index (χ0v) is 8.71. The SMILES string of the molecule is NC(=O)NNN(C(N)=O)C(=O)c1ccccc1. The average Bonchev–Trinajstić information content (AvgIpc) is 2.29. The van der Waals surface area contributed by atoms with Gasteiger partial charge >= 0.3 is 12.1 Å². The molecular formula is C9H11N5O3. The molecule has 8 nitrogen and oxygen atoms in total. The van der Waals surface area contributed by atoms with Crippen molar-refractivity contribution in [1.82, 2.24) is 16.0 Å². The van der Waals surface area contributed by atoms with Gasteiger partial charge in [0.1, 0.15) is 0 Å². The van der Waals surface area contributed by atoms with Gasteiger partial charge in [-0.2, -0.15) is 5.01 Å². The number of carbonyl (C=O) groups is 3. The normalized spacial score (nSPS) is 9.41. The molecule has 0 atom stereocenters. The molecule has 0 saturated carbocycles. The smallest absolute Gasteiger partial charge is 0.338 e. The van der Waals surface area contributed by atoms with Gasteiger partial charge in [0.05, 0.1) is 0 Å². The van der Waals surface area contributed by atoms with Crippen LogP contribution in [0.3, 0.4) is 0 Å². The Balaban J connectivity index is 2.81. The third-order valence-corrected chi connectivity index (χ3v) is 1.74. The Morgan fingerprint density at radius 1 is 1.06 bits per heavy atom. The van der Waals surface area contributed by atoms with Gasteiger partial charge in [0.2, 0.25) is 0 Å². The minimum Gasteiger partial charge on any atom is -0.351 e. The number of benzene rings is 1. The molecule has 1 rings (SSSR count). The van der Waals surface area contributed by atoms with Crippen molar-refractivity contribution >= 4 is 18.0 Å². The molecule has 1 aromatic rings. The Hall–Kier alpha value is -2.61. The molecule has 90 valence electrons. The van der Waals surface area contributed by atoms with Gasteiger partial charge in [0.15, 0.2) is 0 Å². The monoisotopic (exact) mass is 237 g/mol. The molecule has 0 bridgehead atoms. The Morgan fingerprint density at radius 2 is 1.65 bits per heavy atom. The van der Waals surface area contributed by atoms with E-state index in [4.69, 9.17) is 11.5 Å². The number of amides is 5. The summed E-state index contributed by atoms with van der Waals surface area (Å²) in [5.41, 5.74) is 13.8. The maximum Gasteiger partial charge on any atom is 0.338 e. The number of nitrogens with two attached hydrogens (primary N) is 2. The number of hydrogen-bond donors (Lipinski definition) is 4. The van der Waals surface area contributed by atoms with Gasteiger partial charge in [-0.15, -0.1) is 5.53 Å². The predicted molar refractivity (Wildman–Crippen MR) is 58.0 cm³/mol. The number of carbonyl (C=O) groups excluding carboxylic acids is 3. The third-order valence-electron chi connectivity index (χ3n) is 1.74. The number of nitrogens with zero attached hydrogens (tertiary/aromatic N) is 1. The number of hydrazine groups is 2. The van der Waals surface area contributed by atoms with E-state index in [9.17, 15) is 14.4 Å². The molecule has 0 saturated heterocycles. The van der Waals surface area contributed by atoms with E-state index < -0.39 is 18.0 Å². The first-order valence-electron chi connectivity index (χ1n) is 4.52. The molecule has 0 aromatic heterocycles. The van der Waals surface area contributed by atoms with Gasteiger partial charge < -0.3 is 11.5 Å². The Bertz CT molecular complexity index is 434. The van der Waals surface area contributed by atoms with Crippen LogP contribution in [0.5, 0.6) is 0 Å². The van der Waals surface area contributed by atoms with Crippen LogP contribution in [-0.4, -0.2) is 23.0 Å². The molecule has 0 spiro atoms. The van der Waals surface area contributed by atoms with Crippen LogP contribution in [0.1, 0.15) is 10.4 Å². The second-order valence-corrected chi connectivity index (χ2v) is 2.95. The maximum atomic E-state index is 11.8. The highest BCUT2D eigenvalue weighted by atomic mass is 16.2. The van der Waals surface area contributed by atoms with Crippen LogP contribution in [0.15, 0.2) is 30.3 Å². The highest BCUT2D eigenvalue weighted by Crippen LogP contribution is 2.02. The van der Waals surface area contributed by atoms with Gasteiger partial charge in [-0.25, -0.2) is 9.59 Å². The fraction of sp³-hybridized carbons (Fsp3) is 0. The fourth-order valence-electron chi connectivity index (χ4n) is 1.03. The summed E-state index contributed by atoms with van der Waals surface area (Å²) in [5.74, 6) is -0.716. The third kappa shape index (κ3) is 3.47. The number of urea groups is 2. The van der Waals surface area contributed by atoms with Crippen molar-refractivity contribution in [3.8, 4) is 0 Å². The van der Waals surface area contributed by atoms with Crippen molar-refractivity contribution in [2.45, 2.75) is 0 Å². The number of rotatable bonds is 3. The predicted octanol–water partition coefficient (Wildman–Crippen LogP) is -0.705. The molecule has 17 heavy (non-hydrogen) atoms. The van der Waals surface area contributed by atoms with Crippen LogP contribution in [-0.2, 0) is 0 Å². The average molecular weight is 237 g/mol. The second-order valence-electron chi connectivity index (χ2n) is 2.95. The fourth-order valence-corrected chi connectivity index (χ4v) is 1.03. The Morgan fingerprint density at radius 3 is 2.12 bits per heavy atom. The van der Waals surface area contributed by atoms with Crippen LogP contribution in [0.4, 0.5) is 9.59 Å². The van der Waals surface area contributed by atoms with Gasteiger partial charge in [-0.1, -0.05) is 18.2 Å². The lowest BCUT2D eigenvalue weighted by molar-refractivity contribution is 0.0714. The minimum absolute atomic E-state index is 0.227. The Kier molecular flexibility index (Phi) is 4.01. The second kappa shape index (κ2) is 5.47. The van der Waals surface area contributed by atoms with E-state index >= 15 is 0 Å². The van der Waals surface area contributed by atoms with Crippen LogP contribution in [0, 0.1) is 0 Å². The van der Waals surface area contributed by atoms with Crippen molar-refractivity contribution in [2.24, 2.45) is 11.5 Å². The van der Waals surface area contributed by atoms with Gasteiger partial charge in [0.25, 0.3) is 5.91 Å². The van der Waals surface area contributed by atoms with Crippen molar-refractivity contribution in [3.63, 3.8) is 0 Å². The quantitative estimate of drug-likeness (QED) is 0.517. The lowest BCUT2D eigenvalue weighted by Crippen LogP contribution is -2.57. The molecule has 5 amide bonds. The topological polar surface area (TPSA) is 131 Å². The summed E-state index contributed by atoms with van der Waals surface area (Å²) in [4.78, 5) is 33.2. The highest BCUT2D eigenvalue weighted by Gasteiger charge is 2.20. The standard InChI is InChI=1S/C9H11N5O3/c10-8(16)12-13-14(9(11)17)7(15)6-4-2-1-3-5-6/h1-5,13H,(H2,11,17)(H3,10,12,16). The summed E-state index contributed by atoms with van der Waals surface area (Å²) in [6.45, 7) is 0. The molecule has 8 heteroatoms. The van der Waals surface area contributed by atoms with E-state index in [1.165, 1.54) is 12.1 Å². The van der Waals surface area contributed by atoms with Crippen molar-refractivity contribution in [1.29, 1.82) is 0 Å². The first kappa shape index (κ1) is 12.5. The number of nitrogens with one attached hydrogen (secondary N) is 2. The molecule has 0 unspecified atom stereocenters. The summed E-state index contributed by atoms with van der Waals surface area (Å²) < 4.78 is 0. The largest absolute Gasteiger partial charge is 0.351 e. The maximum absolute atomic E-state index is 11.8. The molecule has 0 aliphatic rings. The van der Waals surface area contributed by atoms with Gasteiger partial charge in [-0.3, -0.25) is 10.2 Å². The molecule has 6 N–H and O–H groups in total. The molecule has 1 aromatic carbocycles. The summed E-state index contributed by atoms with van der Waals surface area (Å²) >= 11 is 0. The minimum atomic E-state index is -1.08. The molecule has 0 fully saturated rings. The van der Waals surface area contributed by atoms with E-state index in [0.717, 1.165) is 0 Å². The molecule has 0 aliphatic heterocycles. The van der Waals surface area contributed by atoms with E-state index in [-0.39, 0.29) is 5.56 Å². The molecule has 0 aliphatic carbocycles. The van der Waals surface area contributed by atoms with Crippen molar-refractivity contribution in [2.75, 3.05) is 0 Å². The van der Waals surface area contributed by atoms with Crippen LogP contribution >= 0.6 is 0 Å². The number of primary amides is 2. The van der Waals surface area contributed by atoms with Crippen molar-refractivity contribution in [3.05, 3.63) is 35.9 Å². The first-order valence-corrected chi connectivity index (χ1v) is 4.52. The van der Waals surface area contributed by atoms with Crippen LogP contribution in [0.25, 0.3) is 0 Å². The molecule has 0 heterocycles. The highest BCUT2D eigenvalue weighted by molar-refractivity contribution is 6.03. The summed E-state index contributed by atoms with van der Waals surface area (Å²) in [6.07, 6.45) is 0. The first-order chi connectivity index (χ1) is 8.02. The van der Waals surface area contributed by atoms with Crippen LogP contribution in [0.2, 0.25) is 0 Å². The van der Waals surface area contributed by atoms with E-state index in [1.807, 2.05) is 11.0 Å². The number of hydrogen-bond acceptors (Lipinski definition) is 4.